The van der Waals surface area contributed by atoms with Gasteiger partial charge in [0.15, 0.2) is 0 Å². The van der Waals surface area contributed by atoms with E-state index in [0.29, 0.717) is 18.6 Å². The van der Waals surface area contributed by atoms with Crippen molar-refractivity contribution < 1.29 is 14.9 Å². The van der Waals surface area contributed by atoms with Crippen LogP contribution in [0.1, 0.15) is 26.3 Å². The van der Waals surface area contributed by atoms with Gasteiger partial charge in [0.25, 0.3) is 0 Å². The van der Waals surface area contributed by atoms with Gasteiger partial charge in [0.05, 0.1) is 5.60 Å². The van der Waals surface area contributed by atoms with Crippen LogP contribution < -0.4 is 0 Å². The Morgan fingerprint density at radius 2 is 1.93 bits per heavy atom. The molecule has 2 N–H and O–H groups in total. The zero-order valence-electron chi connectivity index (χ0n) is 9.45. The van der Waals surface area contributed by atoms with Gasteiger partial charge >= 0.3 is 0 Å². The maximum absolute atomic E-state index is 9.60. The summed E-state index contributed by atoms with van der Waals surface area (Å²) in [5.74, 6) is 0.357. The fraction of sp³-hybridized carbons (Fsp3) is 0.500. The summed E-state index contributed by atoms with van der Waals surface area (Å²) in [6, 6.07) is 4.52. The fourth-order valence-corrected chi connectivity index (χ4v) is 1.61. The van der Waals surface area contributed by atoms with Gasteiger partial charge in [-0.05, 0) is 39.0 Å². The van der Waals surface area contributed by atoms with Gasteiger partial charge in [-0.2, -0.15) is 0 Å². The lowest BCUT2D eigenvalue weighted by atomic mass is 9.97. The van der Waals surface area contributed by atoms with Crippen molar-refractivity contribution in [2.45, 2.75) is 32.8 Å². The summed E-state index contributed by atoms with van der Waals surface area (Å²) < 4.78 is 5.54. The summed E-state index contributed by atoms with van der Waals surface area (Å²) in [5.41, 5.74) is 0.369. The number of aromatic hydroxyl groups is 2. The Morgan fingerprint density at radius 1 is 1.27 bits per heavy atom. The monoisotopic (exact) mass is 210 g/mol. The lowest BCUT2D eigenvalue weighted by Gasteiger charge is -2.25. The molecule has 3 heteroatoms. The largest absolute Gasteiger partial charge is 0.508 e. The van der Waals surface area contributed by atoms with Crippen LogP contribution in [0.5, 0.6) is 11.5 Å². The second kappa shape index (κ2) is 4.53. The van der Waals surface area contributed by atoms with Crippen molar-refractivity contribution in [1.82, 2.24) is 0 Å². The topological polar surface area (TPSA) is 49.7 Å². The molecule has 0 unspecified atom stereocenters. The Bertz CT molecular complexity index is 332. The number of benzene rings is 1. The number of ether oxygens (including phenoxy) is 1. The minimum atomic E-state index is -0.333. The summed E-state index contributed by atoms with van der Waals surface area (Å²) >= 11 is 0. The second-order valence-electron chi connectivity index (χ2n) is 4.18. The zero-order valence-corrected chi connectivity index (χ0v) is 9.45. The summed E-state index contributed by atoms with van der Waals surface area (Å²) in [5, 5.41) is 18.9. The first-order chi connectivity index (χ1) is 6.94. The highest BCUT2D eigenvalue weighted by Crippen LogP contribution is 2.27. The molecule has 1 rings (SSSR count). The molecule has 0 atom stereocenters. The molecular formula is C12H18O3. The highest BCUT2D eigenvalue weighted by molar-refractivity contribution is 5.39. The van der Waals surface area contributed by atoms with Gasteiger partial charge in [0.2, 0.25) is 0 Å². The minimum Gasteiger partial charge on any atom is -0.508 e. The number of phenols is 2. The third-order valence-electron chi connectivity index (χ3n) is 2.21. The van der Waals surface area contributed by atoms with Crippen molar-refractivity contribution in [3.05, 3.63) is 23.8 Å². The molecule has 0 radical (unpaired) electrons. The minimum absolute atomic E-state index is 0.162. The van der Waals surface area contributed by atoms with E-state index in [1.165, 1.54) is 12.1 Å². The quantitative estimate of drug-likeness (QED) is 0.750. The van der Waals surface area contributed by atoms with Gasteiger partial charge in [-0.15, -0.1) is 0 Å². The van der Waals surface area contributed by atoms with Crippen LogP contribution in [0, 0.1) is 0 Å². The van der Waals surface area contributed by atoms with Gasteiger partial charge < -0.3 is 14.9 Å². The Morgan fingerprint density at radius 3 is 2.53 bits per heavy atom. The van der Waals surface area contributed by atoms with Crippen LogP contribution in [-0.2, 0) is 11.2 Å². The molecule has 0 amide bonds. The Balaban J connectivity index is 2.83. The van der Waals surface area contributed by atoms with Crippen LogP contribution in [0.15, 0.2) is 18.2 Å². The van der Waals surface area contributed by atoms with Crippen molar-refractivity contribution in [2.75, 3.05) is 6.61 Å². The Kier molecular flexibility index (Phi) is 3.58. The lowest BCUT2D eigenvalue weighted by Crippen LogP contribution is -2.27. The molecule has 0 fully saturated rings. The standard InChI is InChI=1S/C12H18O3/c1-4-15-12(2,3)8-9-7-10(13)5-6-11(9)14/h5-7,13-14H,4,8H2,1-3H3. The average Bonchev–Trinajstić information content (AvgIpc) is 2.10. The van der Waals surface area contributed by atoms with Crippen molar-refractivity contribution in [3.8, 4) is 11.5 Å². The molecule has 1 aromatic carbocycles. The molecule has 0 aliphatic carbocycles. The van der Waals surface area contributed by atoms with E-state index in [0.717, 1.165) is 0 Å². The summed E-state index contributed by atoms with van der Waals surface area (Å²) in [6.07, 6.45) is 0.571. The maximum Gasteiger partial charge on any atom is 0.119 e. The van der Waals surface area contributed by atoms with Gasteiger partial charge in [-0.1, -0.05) is 0 Å². The van der Waals surface area contributed by atoms with E-state index in [1.807, 2.05) is 20.8 Å². The van der Waals surface area contributed by atoms with E-state index < -0.39 is 0 Å². The van der Waals surface area contributed by atoms with Crippen molar-refractivity contribution >= 4 is 0 Å². The maximum atomic E-state index is 9.60. The first-order valence-corrected chi connectivity index (χ1v) is 5.09. The first-order valence-electron chi connectivity index (χ1n) is 5.09. The van der Waals surface area contributed by atoms with E-state index in [4.69, 9.17) is 4.74 Å². The molecular weight excluding hydrogens is 192 g/mol. The van der Waals surface area contributed by atoms with Crippen LogP contribution in [0.2, 0.25) is 0 Å². The number of hydrogen-bond donors (Lipinski definition) is 2. The normalized spacial score (nSPS) is 11.7. The highest BCUT2D eigenvalue weighted by atomic mass is 16.5. The molecule has 0 aromatic heterocycles. The first kappa shape index (κ1) is 11.9. The molecule has 84 valence electrons. The van der Waals surface area contributed by atoms with Crippen LogP contribution >= 0.6 is 0 Å². The predicted molar refractivity (Wildman–Crippen MR) is 59.2 cm³/mol. The van der Waals surface area contributed by atoms with E-state index in [2.05, 4.69) is 0 Å². The zero-order chi connectivity index (χ0) is 11.5. The van der Waals surface area contributed by atoms with Crippen LogP contribution in [0.4, 0.5) is 0 Å². The lowest BCUT2D eigenvalue weighted by molar-refractivity contribution is -0.00970. The third-order valence-corrected chi connectivity index (χ3v) is 2.21. The van der Waals surface area contributed by atoms with Crippen molar-refractivity contribution in [1.29, 1.82) is 0 Å². The summed E-state index contributed by atoms with van der Waals surface area (Å²) in [6.45, 7) is 6.48. The van der Waals surface area contributed by atoms with Gasteiger partial charge in [-0.3, -0.25) is 0 Å². The number of rotatable bonds is 4. The SMILES string of the molecule is CCOC(C)(C)Cc1cc(O)ccc1O. The number of phenolic OH excluding ortho intramolecular Hbond substituents is 2. The molecule has 0 aliphatic rings. The van der Waals surface area contributed by atoms with Gasteiger partial charge in [0.1, 0.15) is 11.5 Å². The van der Waals surface area contributed by atoms with E-state index >= 15 is 0 Å². The van der Waals surface area contributed by atoms with Crippen LogP contribution in [-0.4, -0.2) is 22.4 Å². The molecule has 0 heterocycles. The van der Waals surface area contributed by atoms with E-state index in [1.54, 1.807) is 6.07 Å². The molecule has 0 bridgehead atoms. The molecule has 0 saturated heterocycles. The smallest absolute Gasteiger partial charge is 0.119 e. The van der Waals surface area contributed by atoms with Crippen molar-refractivity contribution in [3.63, 3.8) is 0 Å². The molecule has 0 spiro atoms. The van der Waals surface area contributed by atoms with Gasteiger partial charge in [-0.25, -0.2) is 0 Å². The predicted octanol–water partition coefficient (Wildman–Crippen LogP) is 2.46. The number of hydrogen-bond acceptors (Lipinski definition) is 3. The Labute approximate surface area is 90.3 Å². The molecule has 15 heavy (non-hydrogen) atoms. The van der Waals surface area contributed by atoms with Crippen LogP contribution in [0.3, 0.4) is 0 Å². The van der Waals surface area contributed by atoms with Crippen LogP contribution in [0.25, 0.3) is 0 Å². The highest BCUT2D eigenvalue weighted by Gasteiger charge is 2.20. The molecule has 3 nitrogen and oxygen atoms in total. The average molecular weight is 210 g/mol. The van der Waals surface area contributed by atoms with E-state index in [-0.39, 0.29) is 17.1 Å². The molecule has 0 aliphatic heterocycles. The molecule has 1 aromatic rings. The fourth-order valence-electron chi connectivity index (χ4n) is 1.61. The summed E-state index contributed by atoms with van der Waals surface area (Å²) in [7, 11) is 0. The summed E-state index contributed by atoms with van der Waals surface area (Å²) in [4.78, 5) is 0. The second-order valence-corrected chi connectivity index (χ2v) is 4.18. The van der Waals surface area contributed by atoms with Crippen molar-refractivity contribution in [2.24, 2.45) is 0 Å². The Hall–Kier alpha value is -1.22. The van der Waals surface area contributed by atoms with E-state index in [9.17, 15) is 10.2 Å². The third kappa shape index (κ3) is 3.44. The molecule has 0 saturated carbocycles. The van der Waals surface area contributed by atoms with Gasteiger partial charge in [0, 0.05) is 18.6 Å².